The number of hydrogen-bond donors (Lipinski definition) is 2. The zero-order valence-electron chi connectivity index (χ0n) is 10.3. The van der Waals surface area contributed by atoms with Crippen molar-refractivity contribution in [3.05, 3.63) is 0 Å². The molecule has 0 saturated carbocycles. The highest BCUT2D eigenvalue weighted by atomic mass is 32.2. The predicted molar refractivity (Wildman–Crippen MR) is 69.5 cm³/mol. The van der Waals surface area contributed by atoms with Crippen LogP contribution < -0.4 is 11.1 Å². The van der Waals surface area contributed by atoms with E-state index in [-0.39, 0.29) is 0 Å². The SMILES string of the molecule is COCC(CCCN)NC(C)CCSC. The number of rotatable bonds is 10. The summed E-state index contributed by atoms with van der Waals surface area (Å²) in [6.45, 7) is 3.78. The van der Waals surface area contributed by atoms with Gasteiger partial charge in [0.2, 0.25) is 0 Å². The summed E-state index contributed by atoms with van der Waals surface area (Å²) >= 11 is 1.90. The number of nitrogens with one attached hydrogen (secondary N) is 1. The Balaban J connectivity index is 3.70. The van der Waals surface area contributed by atoms with Gasteiger partial charge in [0.25, 0.3) is 0 Å². The van der Waals surface area contributed by atoms with E-state index in [1.165, 1.54) is 12.2 Å². The zero-order valence-corrected chi connectivity index (χ0v) is 11.1. The topological polar surface area (TPSA) is 47.3 Å². The van der Waals surface area contributed by atoms with Crippen LogP contribution in [0, 0.1) is 0 Å². The molecule has 0 spiro atoms. The van der Waals surface area contributed by atoms with Gasteiger partial charge in [-0.15, -0.1) is 0 Å². The third-order valence-electron chi connectivity index (χ3n) is 2.40. The van der Waals surface area contributed by atoms with Gasteiger partial charge < -0.3 is 15.8 Å². The maximum absolute atomic E-state index is 5.51. The fraction of sp³-hybridized carbons (Fsp3) is 1.00. The lowest BCUT2D eigenvalue weighted by Crippen LogP contribution is -2.40. The second-order valence-corrected chi connectivity index (χ2v) is 4.92. The van der Waals surface area contributed by atoms with Crippen LogP contribution in [-0.2, 0) is 4.74 Å². The molecular weight excluding hydrogens is 208 g/mol. The van der Waals surface area contributed by atoms with Crippen molar-refractivity contribution in [3.63, 3.8) is 0 Å². The molecule has 0 aromatic heterocycles. The molecule has 2 unspecified atom stereocenters. The molecule has 3 nitrogen and oxygen atoms in total. The number of ether oxygens (including phenoxy) is 1. The van der Waals surface area contributed by atoms with Gasteiger partial charge in [-0.05, 0) is 44.7 Å². The first-order valence-electron chi connectivity index (χ1n) is 5.68. The molecule has 92 valence electrons. The zero-order chi connectivity index (χ0) is 11.5. The maximum atomic E-state index is 5.51. The van der Waals surface area contributed by atoms with Crippen molar-refractivity contribution in [1.82, 2.24) is 5.32 Å². The van der Waals surface area contributed by atoms with E-state index < -0.39 is 0 Å². The van der Waals surface area contributed by atoms with Crippen LogP contribution in [0.5, 0.6) is 0 Å². The Morgan fingerprint density at radius 2 is 2.13 bits per heavy atom. The number of nitrogens with two attached hydrogens (primary N) is 1. The van der Waals surface area contributed by atoms with Gasteiger partial charge >= 0.3 is 0 Å². The smallest absolute Gasteiger partial charge is 0.0615 e. The highest BCUT2D eigenvalue weighted by molar-refractivity contribution is 7.98. The highest BCUT2D eigenvalue weighted by Gasteiger charge is 2.10. The van der Waals surface area contributed by atoms with E-state index in [1.54, 1.807) is 7.11 Å². The lowest BCUT2D eigenvalue weighted by molar-refractivity contribution is 0.156. The van der Waals surface area contributed by atoms with Gasteiger partial charge in [-0.3, -0.25) is 0 Å². The largest absolute Gasteiger partial charge is 0.383 e. The van der Waals surface area contributed by atoms with Crippen molar-refractivity contribution in [2.24, 2.45) is 5.73 Å². The minimum Gasteiger partial charge on any atom is -0.383 e. The van der Waals surface area contributed by atoms with Gasteiger partial charge in [-0.1, -0.05) is 0 Å². The molecule has 15 heavy (non-hydrogen) atoms. The first-order chi connectivity index (χ1) is 7.24. The van der Waals surface area contributed by atoms with Crippen molar-refractivity contribution in [2.45, 2.75) is 38.3 Å². The van der Waals surface area contributed by atoms with Gasteiger partial charge in [0.1, 0.15) is 0 Å². The van der Waals surface area contributed by atoms with Gasteiger partial charge in [-0.25, -0.2) is 0 Å². The van der Waals surface area contributed by atoms with Crippen LogP contribution >= 0.6 is 11.8 Å². The molecule has 3 N–H and O–H groups in total. The first-order valence-corrected chi connectivity index (χ1v) is 7.08. The van der Waals surface area contributed by atoms with Crippen molar-refractivity contribution in [3.8, 4) is 0 Å². The minimum absolute atomic E-state index is 0.454. The molecule has 0 amide bonds. The summed E-state index contributed by atoms with van der Waals surface area (Å²) in [5, 5.41) is 3.59. The molecule has 4 heteroatoms. The average molecular weight is 234 g/mol. The fourth-order valence-electron chi connectivity index (χ4n) is 1.56. The van der Waals surface area contributed by atoms with Crippen LogP contribution in [0.25, 0.3) is 0 Å². The molecule has 0 aliphatic carbocycles. The van der Waals surface area contributed by atoms with Crippen molar-refractivity contribution >= 4 is 11.8 Å². The normalized spacial score (nSPS) is 15.2. The van der Waals surface area contributed by atoms with E-state index in [4.69, 9.17) is 10.5 Å². The Bertz CT molecular complexity index is 136. The van der Waals surface area contributed by atoms with E-state index in [2.05, 4.69) is 18.5 Å². The Kier molecular flexibility index (Phi) is 10.9. The Hall–Kier alpha value is 0.230. The molecule has 0 radical (unpaired) electrons. The van der Waals surface area contributed by atoms with Crippen LogP contribution in [0.4, 0.5) is 0 Å². The summed E-state index contributed by atoms with van der Waals surface area (Å²) in [7, 11) is 1.75. The second kappa shape index (κ2) is 10.7. The molecular formula is C11H26N2OS. The summed E-state index contributed by atoms with van der Waals surface area (Å²) in [6, 6.07) is 1.02. The standard InChI is InChI=1S/C11H26N2OS/c1-10(6-8-15-3)13-11(9-14-2)5-4-7-12/h10-11,13H,4-9,12H2,1-3H3. The van der Waals surface area contributed by atoms with Crippen molar-refractivity contribution in [1.29, 1.82) is 0 Å². The predicted octanol–water partition coefficient (Wildman–Crippen LogP) is 1.47. The maximum Gasteiger partial charge on any atom is 0.0615 e. The summed E-state index contributed by atoms with van der Waals surface area (Å²) in [5.74, 6) is 1.21. The Morgan fingerprint density at radius 3 is 2.67 bits per heavy atom. The van der Waals surface area contributed by atoms with Crippen LogP contribution in [0.15, 0.2) is 0 Å². The van der Waals surface area contributed by atoms with E-state index in [0.717, 1.165) is 26.0 Å². The summed E-state index contributed by atoms with van der Waals surface area (Å²) in [5.41, 5.74) is 5.51. The van der Waals surface area contributed by atoms with Gasteiger partial charge in [0, 0.05) is 19.2 Å². The molecule has 0 bridgehead atoms. The summed E-state index contributed by atoms with van der Waals surface area (Å²) in [4.78, 5) is 0. The number of thioether (sulfide) groups is 1. The number of hydrogen-bond acceptors (Lipinski definition) is 4. The third-order valence-corrected chi connectivity index (χ3v) is 3.04. The van der Waals surface area contributed by atoms with Crippen LogP contribution in [-0.4, -0.2) is 44.4 Å². The van der Waals surface area contributed by atoms with E-state index in [1.807, 2.05) is 11.8 Å². The summed E-state index contributed by atoms with van der Waals surface area (Å²) < 4.78 is 5.20. The summed E-state index contributed by atoms with van der Waals surface area (Å²) in [6.07, 6.45) is 5.53. The Labute approximate surface area is 98.5 Å². The second-order valence-electron chi connectivity index (χ2n) is 3.93. The minimum atomic E-state index is 0.454. The van der Waals surface area contributed by atoms with Crippen LogP contribution in [0.1, 0.15) is 26.2 Å². The quantitative estimate of drug-likeness (QED) is 0.601. The molecule has 0 rings (SSSR count). The average Bonchev–Trinajstić information content (AvgIpc) is 2.23. The highest BCUT2D eigenvalue weighted by Crippen LogP contribution is 2.04. The Morgan fingerprint density at radius 1 is 1.40 bits per heavy atom. The van der Waals surface area contributed by atoms with Gasteiger partial charge in [0.05, 0.1) is 6.61 Å². The lowest BCUT2D eigenvalue weighted by Gasteiger charge is -2.22. The molecule has 0 aliphatic rings. The van der Waals surface area contributed by atoms with Gasteiger partial charge in [0.15, 0.2) is 0 Å². The van der Waals surface area contributed by atoms with E-state index in [0.29, 0.717) is 12.1 Å². The molecule has 0 saturated heterocycles. The van der Waals surface area contributed by atoms with E-state index >= 15 is 0 Å². The molecule has 0 aromatic carbocycles. The molecule has 0 heterocycles. The monoisotopic (exact) mass is 234 g/mol. The molecule has 2 atom stereocenters. The molecule has 0 aliphatic heterocycles. The molecule has 0 fully saturated rings. The van der Waals surface area contributed by atoms with E-state index in [9.17, 15) is 0 Å². The molecule has 0 aromatic rings. The first kappa shape index (κ1) is 15.2. The fourth-order valence-corrected chi connectivity index (χ4v) is 2.15. The van der Waals surface area contributed by atoms with Crippen molar-refractivity contribution < 1.29 is 4.74 Å². The van der Waals surface area contributed by atoms with Crippen molar-refractivity contribution in [2.75, 3.05) is 32.3 Å². The lowest BCUT2D eigenvalue weighted by atomic mass is 10.1. The van der Waals surface area contributed by atoms with Crippen LogP contribution in [0.2, 0.25) is 0 Å². The third kappa shape index (κ3) is 9.18. The van der Waals surface area contributed by atoms with Crippen LogP contribution in [0.3, 0.4) is 0 Å². The number of methoxy groups -OCH3 is 1. The van der Waals surface area contributed by atoms with Gasteiger partial charge in [-0.2, -0.15) is 11.8 Å².